The molecule has 0 aromatic heterocycles. The molecule has 1 aromatic rings. The summed E-state index contributed by atoms with van der Waals surface area (Å²) in [6.07, 6.45) is 0.830. The molecule has 10 saturated heterocycles. The molecule has 11 rings (SSSR count). The van der Waals surface area contributed by atoms with Crippen molar-refractivity contribution >= 4 is 41.3 Å². The molecule has 2 unspecified atom stereocenters. The number of nitrogens with two attached hydrogens (primary N) is 1. The van der Waals surface area contributed by atoms with Crippen LogP contribution in [0.1, 0.15) is 129 Å². The Kier molecular flexibility index (Phi) is 28.4. The van der Waals surface area contributed by atoms with Gasteiger partial charge in [0.15, 0.2) is 5.79 Å². The molecule has 21 atom stereocenters. The number of primary amides is 1. The molecule has 10 fully saturated rings. The zero-order valence-corrected chi connectivity index (χ0v) is 58.2. The van der Waals surface area contributed by atoms with Gasteiger partial charge in [0.2, 0.25) is 17.7 Å². The van der Waals surface area contributed by atoms with E-state index in [1.54, 1.807) is 45.2 Å². The van der Waals surface area contributed by atoms with Crippen molar-refractivity contribution in [2.75, 3.05) is 84.9 Å². The fraction of sp³-hybridized carbons (Fsp3) is 0.771. The van der Waals surface area contributed by atoms with Crippen LogP contribution in [0.2, 0.25) is 0 Å². The number of ether oxygens (including phenoxy) is 14. The lowest BCUT2D eigenvalue weighted by atomic mass is 9.81. The minimum atomic E-state index is -1.10. The molecule has 0 aliphatic carbocycles. The van der Waals surface area contributed by atoms with Crippen LogP contribution in [0.15, 0.2) is 53.7 Å². The van der Waals surface area contributed by atoms with Crippen LogP contribution in [0.3, 0.4) is 0 Å². The van der Waals surface area contributed by atoms with Gasteiger partial charge in [-0.3, -0.25) is 19.2 Å². The van der Waals surface area contributed by atoms with Gasteiger partial charge in [0.1, 0.15) is 55.0 Å². The van der Waals surface area contributed by atoms with Crippen molar-refractivity contribution in [1.29, 1.82) is 0 Å². The molecule has 1 aromatic carbocycles. The summed E-state index contributed by atoms with van der Waals surface area (Å²) in [4.78, 5) is 82.4. The van der Waals surface area contributed by atoms with Gasteiger partial charge in [0.25, 0.3) is 0 Å². The average Bonchev–Trinajstić information content (AvgIpc) is 1.55. The SMILES string of the molecule is C=C1C[C@@H]2CC[C@@]34C[C@H]5O[C@@H]6C(O[C@H]7CC[C@H](CC(=O)C[C@H]8C(C[C@H]9O[C@@H](CC[C@@H]1O2)C[C@@H](C)C9=C)O[C@H](C[C@H](O)CNC(=O)OCc1ccc(NC(=O)[C@H](CCCNC(N)=O)NC(=O)[C@@H](NC(=O)CCOCCOCCOCCOCCN=[N+]=[N-])C(C)C)cc1)[C@@H]8OC)O[C@@H]7[C@@H]6O3)[C@@H]5O4. The van der Waals surface area contributed by atoms with Crippen LogP contribution in [0.5, 0.6) is 0 Å². The van der Waals surface area contributed by atoms with Crippen LogP contribution in [0.25, 0.3) is 10.4 Å². The number of Topliss-reactive ketones (excluding diaryl/α,β-unsaturated/α-hetero) is 1. The van der Waals surface area contributed by atoms with E-state index in [1.807, 2.05) is 0 Å². The van der Waals surface area contributed by atoms with E-state index in [0.29, 0.717) is 76.4 Å². The number of aliphatic hydroxyl groups excluding tert-OH is 1. The van der Waals surface area contributed by atoms with Gasteiger partial charge >= 0.3 is 12.1 Å². The number of azide groups is 1. The van der Waals surface area contributed by atoms with Crippen molar-refractivity contribution in [3.63, 3.8) is 0 Å². The minimum absolute atomic E-state index is 0.00464. The highest BCUT2D eigenvalue weighted by Crippen LogP contribution is 2.54. The second kappa shape index (κ2) is 37.0. The molecule has 10 heterocycles. The number of urea groups is 1. The van der Waals surface area contributed by atoms with E-state index in [1.165, 1.54) is 0 Å². The summed E-state index contributed by atoms with van der Waals surface area (Å²) in [5.41, 5.74) is 16.5. The fourth-order valence-corrected chi connectivity index (χ4v) is 15.5. The van der Waals surface area contributed by atoms with Crippen molar-refractivity contribution < 1.29 is 100 Å². The topological polar surface area (TPSA) is 387 Å². The molecule has 10 aliphatic heterocycles. The van der Waals surface area contributed by atoms with E-state index in [0.717, 1.165) is 43.3 Å². The first-order chi connectivity index (χ1) is 48.2. The number of fused-ring (bicyclic) bond motifs is 6. The quantitative estimate of drug-likeness (QED) is 0.0160. The lowest BCUT2D eigenvalue weighted by molar-refractivity contribution is -0.292. The number of nitrogens with one attached hydrogen (secondary N) is 5. The van der Waals surface area contributed by atoms with Gasteiger partial charge in [-0.25, -0.2) is 9.59 Å². The molecule has 30 nitrogen and oxygen atoms in total. The third kappa shape index (κ3) is 20.9. The highest BCUT2D eigenvalue weighted by Gasteiger charge is 2.69. The first-order valence-electron chi connectivity index (χ1n) is 35.9. The molecule has 6 amide bonds. The van der Waals surface area contributed by atoms with E-state index in [9.17, 15) is 33.9 Å². The molecule has 10 aliphatic rings. The second-order valence-electron chi connectivity index (χ2n) is 28.3. The molecule has 30 heteroatoms. The first-order valence-corrected chi connectivity index (χ1v) is 35.9. The maximum absolute atomic E-state index is 14.5. The summed E-state index contributed by atoms with van der Waals surface area (Å²) in [7, 11) is 1.58. The number of rotatable bonds is 32. The van der Waals surface area contributed by atoms with E-state index in [-0.39, 0.29) is 163 Å². The largest absolute Gasteiger partial charge is 0.445 e. The summed E-state index contributed by atoms with van der Waals surface area (Å²) in [6.45, 7) is 17.0. The number of benzene rings is 1. The number of hydrogen-bond acceptors (Lipinski definition) is 22. The molecule has 8 N–H and O–H groups in total. The highest BCUT2D eigenvalue weighted by molar-refractivity contribution is 5.98. The fourth-order valence-electron chi connectivity index (χ4n) is 15.5. The highest BCUT2D eigenvalue weighted by atomic mass is 16.8. The zero-order valence-electron chi connectivity index (χ0n) is 58.2. The number of methoxy groups -OCH3 is 1. The standard InChI is InChI=1S/C70H105N9O21/c1-39(2)59(78-58(82)18-22-88-24-26-90-28-29-91-27-25-89-23-21-75-79-72)67(84)77-51(8-7-20-73-68(71)85)66(83)76-44-11-9-43(10-12-44)38-92-69(86)74-37-46(81)34-56-60(87-6)50-33-45(80)32-48-14-16-53-61(95-48)65-64-63(97-53)62-57(98-64)36-70(99-62,100-65)19-17-49-31-41(4)52(93-49)15-13-47-30-40(3)42(5)54(94-47)35-55(50)96-56/h9-12,39-40,46-57,59-65,81H,4-5,7-8,13-38H2,1-3,6H3,(H,74,86)(H,76,83)(H,77,84)(H,78,82)(H3,71,73,85)/t40-,46+,47+,48-,49+,50+,51+,52+,53+,54-,55?,56-,57-,59+,60-,61+,62-,63?,64-,65+,70+/m1/s1. The Hall–Kier alpha value is -5.93. The first kappa shape index (κ1) is 76.7. The predicted octanol–water partition coefficient (Wildman–Crippen LogP) is 5.19. The molecule has 556 valence electrons. The number of alkyl carbamates (subject to hydrolysis) is 1. The van der Waals surface area contributed by atoms with Gasteiger partial charge < -0.3 is 104 Å². The summed E-state index contributed by atoms with van der Waals surface area (Å²) >= 11 is 0. The summed E-state index contributed by atoms with van der Waals surface area (Å²) in [5.74, 6) is -3.08. The summed E-state index contributed by atoms with van der Waals surface area (Å²) in [5, 5.41) is 28.4. The Bertz CT molecular complexity index is 2980. The Balaban J connectivity index is 0.690. The van der Waals surface area contributed by atoms with Gasteiger partial charge in [-0.05, 0) is 104 Å². The Morgan fingerprint density at radius 1 is 0.750 bits per heavy atom. The van der Waals surface area contributed by atoms with Gasteiger partial charge in [-0.1, -0.05) is 51.2 Å². The number of anilines is 1. The summed E-state index contributed by atoms with van der Waals surface area (Å²) in [6, 6.07) is 3.68. The van der Waals surface area contributed by atoms with Crippen molar-refractivity contribution in [2.45, 2.75) is 246 Å². The van der Waals surface area contributed by atoms with Gasteiger partial charge in [0.05, 0.1) is 120 Å². The maximum atomic E-state index is 14.5. The van der Waals surface area contributed by atoms with E-state index < -0.39 is 90.3 Å². The Morgan fingerprint density at radius 2 is 1.44 bits per heavy atom. The van der Waals surface area contributed by atoms with Crippen LogP contribution >= 0.6 is 0 Å². The van der Waals surface area contributed by atoms with Crippen molar-refractivity contribution in [3.8, 4) is 0 Å². The maximum Gasteiger partial charge on any atom is 0.407 e. The molecule has 0 radical (unpaired) electrons. The average molecular weight is 1410 g/mol. The second-order valence-corrected chi connectivity index (χ2v) is 28.3. The normalized spacial score (nSPS) is 33.1. The lowest BCUT2D eigenvalue weighted by Gasteiger charge is -2.47. The molecular weight excluding hydrogens is 1300 g/mol. The van der Waals surface area contributed by atoms with Gasteiger partial charge in [-0.2, -0.15) is 0 Å². The van der Waals surface area contributed by atoms with Crippen molar-refractivity contribution in [1.82, 2.24) is 21.3 Å². The number of aliphatic hydroxyl groups is 1. The number of ketones is 1. The number of nitrogens with zero attached hydrogens (tertiary/aromatic N) is 3. The molecule has 1 spiro atoms. The van der Waals surface area contributed by atoms with Crippen molar-refractivity contribution in [2.24, 2.45) is 28.6 Å². The Labute approximate surface area is 584 Å². The summed E-state index contributed by atoms with van der Waals surface area (Å²) < 4.78 is 88.1. The number of hydrogen-bond donors (Lipinski definition) is 7. The van der Waals surface area contributed by atoms with E-state index in [4.69, 9.17) is 77.6 Å². The van der Waals surface area contributed by atoms with Crippen LogP contribution < -0.4 is 32.3 Å². The van der Waals surface area contributed by atoms with Crippen LogP contribution in [0.4, 0.5) is 15.3 Å². The van der Waals surface area contributed by atoms with Crippen molar-refractivity contribution in [3.05, 3.63) is 64.6 Å². The van der Waals surface area contributed by atoms with Crippen LogP contribution in [-0.4, -0.2) is 236 Å². The van der Waals surface area contributed by atoms with Gasteiger partial charge in [0, 0.05) is 88.2 Å². The molecule has 100 heavy (non-hydrogen) atoms. The Morgan fingerprint density at radius 3 is 2.17 bits per heavy atom. The van der Waals surface area contributed by atoms with Crippen LogP contribution in [-0.2, 0) is 92.1 Å². The third-order valence-corrected chi connectivity index (χ3v) is 20.6. The van der Waals surface area contributed by atoms with E-state index >= 15 is 0 Å². The predicted molar refractivity (Wildman–Crippen MR) is 358 cm³/mol. The molecule has 0 saturated carbocycles. The lowest BCUT2D eigenvalue weighted by Crippen LogP contribution is -2.61. The van der Waals surface area contributed by atoms with Gasteiger partial charge in [-0.15, -0.1) is 0 Å². The third-order valence-electron chi connectivity index (χ3n) is 20.6. The monoisotopic (exact) mass is 1410 g/mol. The number of carbonyl (C=O) groups excluding carboxylic acids is 6. The van der Waals surface area contributed by atoms with E-state index in [2.05, 4.69) is 56.7 Å². The molecule has 12 bridgehead atoms. The smallest absolute Gasteiger partial charge is 0.407 e. The van der Waals surface area contributed by atoms with Crippen LogP contribution in [0, 0.1) is 17.8 Å². The minimum Gasteiger partial charge on any atom is -0.445 e. The number of amides is 6. The molecular formula is C70H105N9O21. The number of carbonyl (C=O) groups is 6. The zero-order chi connectivity index (χ0) is 70.9.